The molecule has 0 aliphatic heterocycles. The van der Waals surface area contributed by atoms with Crippen LogP contribution < -0.4 is 0 Å². The van der Waals surface area contributed by atoms with Crippen LogP contribution in [0.25, 0.3) is 0 Å². The fourth-order valence-electron chi connectivity index (χ4n) is 4.33. The molecule has 1 N–H and O–H groups in total. The van der Waals surface area contributed by atoms with Gasteiger partial charge in [-0.3, -0.25) is 9.35 Å². The lowest BCUT2D eigenvalue weighted by Crippen LogP contribution is -2.46. The Morgan fingerprint density at radius 2 is 1.73 bits per heavy atom. The maximum Gasteiger partial charge on any atom is 0.402 e. The Bertz CT molecular complexity index is 526. The fraction of sp³-hybridized carbons (Fsp3) is 0.929. The zero-order chi connectivity index (χ0) is 16.8. The van der Waals surface area contributed by atoms with Crippen LogP contribution in [0.1, 0.15) is 46.0 Å². The van der Waals surface area contributed by atoms with Gasteiger partial charge in [0.15, 0.2) is 6.61 Å². The number of alkyl halides is 2. The smallest absolute Gasteiger partial charge is 0.402 e. The summed E-state index contributed by atoms with van der Waals surface area (Å²) >= 11 is 0. The van der Waals surface area contributed by atoms with E-state index in [2.05, 4.69) is 4.74 Å². The minimum absolute atomic E-state index is 0.306. The Labute approximate surface area is 129 Å². The minimum atomic E-state index is -5.58. The summed E-state index contributed by atoms with van der Waals surface area (Å²) < 4.78 is 60.7. The number of esters is 1. The second-order valence-electron chi connectivity index (χ2n) is 7.13. The Kier molecular flexibility index (Phi) is 4.56. The average Bonchev–Trinajstić information content (AvgIpc) is 2.32. The van der Waals surface area contributed by atoms with E-state index in [4.69, 9.17) is 4.55 Å². The van der Waals surface area contributed by atoms with Crippen LogP contribution in [0, 0.1) is 23.2 Å². The highest BCUT2D eigenvalue weighted by Gasteiger charge is 2.52. The predicted molar refractivity (Wildman–Crippen MR) is 74.8 cm³/mol. The van der Waals surface area contributed by atoms with Crippen LogP contribution in [0.3, 0.4) is 0 Å². The first-order valence-corrected chi connectivity index (χ1v) is 8.91. The Morgan fingerprint density at radius 1 is 1.23 bits per heavy atom. The number of fused-ring (bicyclic) bond motifs is 2. The Hall–Kier alpha value is -0.760. The molecule has 2 aliphatic rings. The van der Waals surface area contributed by atoms with Gasteiger partial charge in [0.25, 0.3) is 0 Å². The Morgan fingerprint density at radius 3 is 2.18 bits per heavy atom. The van der Waals surface area contributed by atoms with Crippen LogP contribution in [0.4, 0.5) is 8.78 Å². The van der Waals surface area contributed by atoms with Crippen LogP contribution in [-0.4, -0.2) is 30.8 Å². The molecule has 0 aromatic rings. The first-order valence-electron chi connectivity index (χ1n) is 7.47. The van der Waals surface area contributed by atoms with Crippen molar-refractivity contribution in [3.63, 3.8) is 0 Å². The van der Waals surface area contributed by atoms with E-state index in [1.54, 1.807) is 0 Å². The highest BCUT2D eigenvalue weighted by molar-refractivity contribution is 7.86. The number of carbonyl (C=O) groups excluding carboxylic acids is 1. The maximum atomic E-state index is 13.2. The van der Waals surface area contributed by atoms with Crippen LogP contribution >= 0.6 is 0 Å². The molecular weight excluding hydrogens is 318 g/mol. The molecule has 2 fully saturated rings. The third kappa shape index (κ3) is 3.42. The van der Waals surface area contributed by atoms with Gasteiger partial charge < -0.3 is 4.74 Å². The summed E-state index contributed by atoms with van der Waals surface area (Å²) in [5, 5.41) is -4.47. The normalized spacial score (nSPS) is 36.0. The van der Waals surface area contributed by atoms with Gasteiger partial charge in [-0.1, -0.05) is 13.8 Å². The van der Waals surface area contributed by atoms with Gasteiger partial charge in [-0.2, -0.15) is 17.2 Å². The molecule has 0 amide bonds. The Balaban J connectivity index is 2.10. The van der Waals surface area contributed by atoms with E-state index < -0.39 is 33.4 Å². The molecule has 0 saturated heterocycles. The van der Waals surface area contributed by atoms with Crippen molar-refractivity contribution < 1.29 is 31.3 Å². The third-order valence-electron chi connectivity index (χ3n) is 4.81. The van der Waals surface area contributed by atoms with Crippen molar-refractivity contribution in [2.24, 2.45) is 23.2 Å². The highest BCUT2D eigenvalue weighted by Crippen LogP contribution is 2.53. The fourth-order valence-corrected chi connectivity index (χ4v) is 4.54. The van der Waals surface area contributed by atoms with E-state index in [1.165, 1.54) is 0 Å². The van der Waals surface area contributed by atoms with E-state index in [-0.39, 0.29) is 0 Å². The molecule has 0 spiro atoms. The lowest BCUT2D eigenvalue weighted by atomic mass is 9.57. The molecule has 0 radical (unpaired) electrons. The molecule has 2 atom stereocenters. The molecule has 0 heterocycles. The van der Waals surface area contributed by atoms with Crippen LogP contribution in [0.5, 0.6) is 0 Å². The SMILES string of the molecule is CC1CC2CC(C)CC(C(=O)OCC(F)(F)S(=O)(=O)O)(C1)C2. The van der Waals surface area contributed by atoms with Crippen LogP contribution in [0.15, 0.2) is 0 Å². The van der Waals surface area contributed by atoms with Crippen molar-refractivity contribution >= 4 is 16.1 Å². The second-order valence-corrected chi connectivity index (χ2v) is 8.68. The van der Waals surface area contributed by atoms with Crippen molar-refractivity contribution in [3.05, 3.63) is 0 Å². The number of ether oxygens (including phenoxy) is 1. The first-order chi connectivity index (χ1) is 9.95. The zero-order valence-electron chi connectivity index (χ0n) is 12.7. The summed E-state index contributed by atoms with van der Waals surface area (Å²) in [5.41, 5.74) is -0.796. The van der Waals surface area contributed by atoms with Crippen molar-refractivity contribution in [2.75, 3.05) is 6.61 Å². The van der Waals surface area contributed by atoms with Gasteiger partial charge in [-0.05, 0) is 49.9 Å². The van der Waals surface area contributed by atoms with Crippen molar-refractivity contribution in [1.82, 2.24) is 0 Å². The molecule has 128 valence electrons. The molecule has 8 heteroatoms. The molecule has 2 aliphatic carbocycles. The topological polar surface area (TPSA) is 80.7 Å². The van der Waals surface area contributed by atoms with E-state index in [0.29, 0.717) is 37.0 Å². The minimum Gasteiger partial charge on any atom is -0.458 e. The summed E-state index contributed by atoms with van der Waals surface area (Å²) in [7, 11) is -5.58. The van der Waals surface area contributed by atoms with Crippen molar-refractivity contribution in [3.8, 4) is 0 Å². The van der Waals surface area contributed by atoms with E-state index in [0.717, 1.165) is 12.8 Å². The summed E-state index contributed by atoms with van der Waals surface area (Å²) in [4.78, 5) is 12.4. The number of hydrogen-bond donors (Lipinski definition) is 1. The molecule has 22 heavy (non-hydrogen) atoms. The summed E-state index contributed by atoms with van der Waals surface area (Å²) in [6.07, 6.45) is 3.79. The van der Waals surface area contributed by atoms with Crippen LogP contribution in [-0.2, 0) is 19.6 Å². The molecule has 5 nitrogen and oxygen atoms in total. The summed E-state index contributed by atoms with van der Waals surface area (Å²) in [6.45, 7) is 2.41. The van der Waals surface area contributed by atoms with Gasteiger partial charge in [-0.15, -0.1) is 0 Å². The van der Waals surface area contributed by atoms with Gasteiger partial charge in [0.1, 0.15) is 0 Å². The van der Waals surface area contributed by atoms with E-state index in [1.807, 2.05) is 13.8 Å². The molecular formula is C14H22F2O5S. The molecule has 2 bridgehead atoms. The zero-order valence-corrected chi connectivity index (χ0v) is 13.5. The molecule has 2 unspecified atom stereocenters. The molecule has 2 rings (SSSR count). The summed E-state index contributed by atoms with van der Waals surface area (Å²) in [6, 6.07) is 0. The number of halogens is 2. The highest BCUT2D eigenvalue weighted by atomic mass is 32.2. The largest absolute Gasteiger partial charge is 0.458 e. The molecule has 0 aromatic heterocycles. The van der Waals surface area contributed by atoms with E-state index in [9.17, 15) is 22.0 Å². The van der Waals surface area contributed by atoms with Gasteiger partial charge >= 0.3 is 21.3 Å². The second kappa shape index (κ2) is 5.70. The average molecular weight is 340 g/mol. The molecule has 2 saturated carbocycles. The van der Waals surface area contributed by atoms with Crippen molar-refractivity contribution in [1.29, 1.82) is 0 Å². The first kappa shape index (κ1) is 17.6. The predicted octanol–water partition coefficient (Wildman–Crippen LogP) is 2.86. The van der Waals surface area contributed by atoms with Gasteiger partial charge in [0, 0.05) is 0 Å². The van der Waals surface area contributed by atoms with E-state index >= 15 is 0 Å². The van der Waals surface area contributed by atoms with Gasteiger partial charge in [-0.25, -0.2) is 0 Å². The van der Waals surface area contributed by atoms with Crippen LogP contribution in [0.2, 0.25) is 0 Å². The number of rotatable bonds is 4. The maximum absolute atomic E-state index is 13.2. The van der Waals surface area contributed by atoms with Crippen molar-refractivity contribution in [2.45, 2.75) is 51.2 Å². The lowest BCUT2D eigenvalue weighted by Gasteiger charge is -2.48. The lowest BCUT2D eigenvalue weighted by molar-refractivity contribution is -0.171. The quantitative estimate of drug-likeness (QED) is 0.629. The molecule has 0 aromatic carbocycles. The standard InChI is InChI=1S/C14H22F2O5S/c1-9-3-11-4-10(2)6-13(5-9,7-11)12(17)21-8-14(15,16)22(18,19)20/h9-11H,3-8H2,1-2H3,(H,18,19,20). The number of hydrogen-bond acceptors (Lipinski definition) is 4. The third-order valence-corrected chi connectivity index (χ3v) is 5.68. The van der Waals surface area contributed by atoms with Gasteiger partial charge in [0.2, 0.25) is 0 Å². The monoisotopic (exact) mass is 340 g/mol. The summed E-state index contributed by atoms with van der Waals surface area (Å²) in [5.74, 6) is 0.225. The number of carbonyl (C=O) groups is 1. The van der Waals surface area contributed by atoms with Gasteiger partial charge in [0.05, 0.1) is 5.41 Å².